The Morgan fingerprint density at radius 1 is 1.21 bits per heavy atom. The lowest BCUT2D eigenvalue weighted by molar-refractivity contribution is -0.137. The lowest BCUT2D eigenvalue weighted by atomic mass is 9.64. The van der Waals surface area contributed by atoms with E-state index in [1.165, 1.54) is 0 Å². The molecule has 1 amide bonds. The lowest BCUT2D eigenvalue weighted by Gasteiger charge is -2.40. The first-order chi connectivity index (χ1) is 9.15. The average Bonchev–Trinajstić information content (AvgIpc) is 2.34. The van der Waals surface area contributed by atoms with E-state index in [0.717, 1.165) is 24.8 Å². The first kappa shape index (κ1) is 13.6. The fraction of sp³-hybridized carbons (Fsp3) is 0.467. The topological polar surface area (TPSA) is 66.4 Å². The van der Waals surface area contributed by atoms with Crippen LogP contribution in [0.15, 0.2) is 30.3 Å². The van der Waals surface area contributed by atoms with E-state index in [4.69, 9.17) is 5.11 Å². The van der Waals surface area contributed by atoms with Crippen LogP contribution in [-0.4, -0.2) is 23.5 Å². The third-order valence-corrected chi connectivity index (χ3v) is 3.82. The van der Waals surface area contributed by atoms with Crippen LogP contribution in [0.4, 0.5) is 0 Å². The SMILES string of the molecule is O=C(O)CCCNC(=O)C1(c2ccccc2)CCC1. The van der Waals surface area contributed by atoms with Gasteiger partial charge in [-0.25, -0.2) is 0 Å². The van der Waals surface area contributed by atoms with Crippen molar-refractivity contribution in [2.24, 2.45) is 0 Å². The van der Waals surface area contributed by atoms with Crippen molar-refractivity contribution in [2.45, 2.75) is 37.5 Å². The Bertz CT molecular complexity index is 452. The Morgan fingerprint density at radius 3 is 2.42 bits per heavy atom. The minimum atomic E-state index is -0.823. The number of carboxylic acids is 1. The summed E-state index contributed by atoms with van der Waals surface area (Å²) in [5, 5.41) is 11.4. The first-order valence-corrected chi connectivity index (χ1v) is 6.71. The number of hydrogen-bond donors (Lipinski definition) is 2. The highest BCUT2D eigenvalue weighted by Crippen LogP contribution is 2.43. The molecule has 1 saturated carbocycles. The molecule has 0 unspecified atom stereocenters. The van der Waals surface area contributed by atoms with Gasteiger partial charge in [0.25, 0.3) is 0 Å². The Kier molecular flexibility index (Phi) is 4.20. The van der Waals surface area contributed by atoms with Gasteiger partial charge in [-0.2, -0.15) is 0 Å². The van der Waals surface area contributed by atoms with Gasteiger partial charge in [0.05, 0.1) is 5.41 Å². The van der Waals surface area contributed by atoms with Crippen molar-refractivity contribution < 1.29 is 14.7 Å². The van der Waals surface area contributed by atoms with Crippen LogP contribution in [0.25, 0.3) is 0 Å². The van der Waals surface area contributed by atoms with Gasteiger partial charge in [-0.3, -0.25) is 9.59 Å². The molecule has 1 aliphatic carbocycles. The molecule has 0 spiro atoms. The van der Waals surface area contributed by atoms with Crippen LogP contribution in [0.1, 0.15) is 37.7 Å². The molecule has 4 heteroatoms. The minimum absolute atomic E-state index is 0.0374. The number of carboxylic acid groups (broad SMARTS) is 1. The van der Waals surface area contributed by atoms with Gasteiger partial charge in [0, 0.05) is 13.0 Å². The standard InChI is InChI=1S/C15H19NO3/c17-13(18)8-4-11-16-14(19)15(9-5-10-15)12-6-2-1-3-7-12/h1-3,6-7H,4-5,8-11H2,(H,16,19)(H,17,18). The van der Waals surface area contributed by atoms with E-state index in [-0.39, 0.29) is 17.7 Å². The van der Waals surface area contributed by atoms with E-state index < -0.39 is 5.97 Å². The Balaban J connectivity index is 1.94. The fourth-order valence-electron chi connectivity index (χ4n) is 2.55. The summed E-state index contributed by atoms with van der Waals surface area (Å²) in [4.78, 5) is 22.8. The summed E-state index contributed by atoms with van der Waals surface area (Å²) >= 11 is 0. The Labute approximate surface area is 112 Å². The van der Waals surface area contributed by atoms with Gasteiger partial charge in [-0.15, -0.1) is 0 Å². The molecule has 0 aromatic heterocycles. The summed E-state index contributed by atoms with van der Waals surface area (Å²) in [7, 11) is 0. The van der Waals surface area contributed by atoms with Crippen LogP contribution in [0.5, 0.6) is 0 Å². The average molecular weight is 261 g/mol. The van der Waals surface area contributed by atoms with Crippen LogP contribution in [-0.2, 0) is 15.0 Å². The third-order valence-electron chi connectivity index (χ3n) is 3.82. The van der Waals surface area contributed by atoms with Crippen LogP contribution >= 0.6 is 0 Å². The highest BCUT2D eigenvalue weighted by Gasteiger charge is 2.45. The number of benzene rings is 1. The Morgan fingerprint density at radius 2 is 1.89 bits per heavy atom. The van der Waals surface area contributed by atoms with E-state index in [1.807, 2.05) is 30.3 Å². The molecule has 102 valence electrons. The summed E-state index contributed by atoms with van der Waals surface area (Å²) in [5.41, 5.74) is 0.682. The zero-order chi connectivity index (χ0) is 13.7. The smallest absolute Gasteiger partial charge is 0.303 e. The number of carbonyl (C=O) groups is 2. The van der Waals surface area contributed by atoms with Gasteiger partial charge in [0.1, 0.15) is 0 Å². The van der Waals surface area contributed by atoms with Gasteiger partial charge in [-0.05, 0) is 24.8 Å². The molecule has 0 atom stereocenters. The lowest BCUT2D eigenvalue weighted by Crippen LogP contribution is -2.49. The molecule has 0 radical (unpaired) electrons. The first-order valence-electron chi connectivity index (χ1n) is 6.71. The van der Waals surface area contributed by atoms with Gasteiger partial charge >= 0.3 is 5.97 Å². The monoisotopic (exact) mass is 261 g/mol. The van der Waals surface area contributed by atoms with Crippen molar-refractivity contribution in [1.82, 2.24) is 5.32 Å². The zero-order valence-electron chi connectivity index (χ0n) is 10.9. The third kappa shape index (κ3) is 2.95. The summed E-state index contributed by atoms with van der Waals surface area (Å²) in [6, 6.07) is 9.84. The maximum absolute atomic E-state index is 12.3. The number of rotatable bonds is 6. The van der Waals surface area contributed by atoms with E-state index in [9.17, 15) is 9.59 Å². The van der Waals surface area contributed by atoms with E-state index >= 15 is 0 Å². The minimum Gasteiger partial charge on any atom is -0.481 e. The van der Waals surface area contributed by atoms with Crippen molar-refractivity contribution >= 4 is 11.9 Å². The fourth-order valence-corrected chi connectivity index (χ4v) is 2.55. The number of amides is 1. The summed E-state index contributed by atoms with van der Waals surface area (Å²) in [5.74, 6) is -0.786. The largest absolute Gasteiger partial charge is 0.481 e. The summed E-state index contributed by atoms with van der Waals surface area (Å²) in [6.07, 6.45) is 3.39. The predicted octanol–water partition coefficient (Wildman–Crippen LogP) is 2.09. The van der Waals surface area contributed by atoms with Gasteiger partial charge in [0.15, 0.2) is 0 Å². The van der Waals surface area contributed by atoms with Crippen LogP contribution in [0.2, 0.25) is 0 Å². The second-order valence-electron chi connectivity index (χ2n) is 5.05. The van der Waals surface area contributed by atoms with E-state index in [0.29, 0.717) is 13.0 Å². The molecule has 0 heterocycles. The van der Waals surface area contributed by atoms with Gasteiger partial charge in [-0.1, -0.05) is 36.8 Å². The molecule has 2 N–H and O–H groups in total. The maximum Gasteiger partial charge on any atom is 0.303 e. The Hall–Kier alpha value is -1.84. The number of carbonyl (C=O) groups excluding carboxylic acids is 1. The van der Waals surface area contributed by atoms with Crippen LogP contribution in [0, 0.1) is 0 Å². The highest BCUT2D eigenvalue weighted by atomic mass is 16.4. The second kappa shape index (κ2) is 5.87. The number of aliphatic carboxylic acids is 1. The predicted molar refractivity (Wildman–Crippen MR) is 71.9 cm³/mol. The summed E-state index contributed by atoms with van der Waals surface area (Å²) < 4.78 is 0. The molecule has 4 nitrogen and oxygen atoms in total. The summed E-state index contributed by atoms with van der Waals surface area (Å²) in [6.45, 7) is 0.430. The molecule has 0 saturated heterocycles. The highest BCUT2D eigenvalue weighted by molar-refractivity contribution is 5.89. The van der Waals surface area contributed by atoms with E-state index in [1.54, 1.807) is 0 Å². The molecule has 2 rings (SSSR count). The maximum atomic E-state index is 12.3. The molecule has 19 heavy (non-hydrogen) atoms. The molecular weight excluding hydrogens is 242 g/mol. The van der Waals surface area contributed by atoms with Gasteiger partial charge < -0.3 is 10.4 Å². The molecule has 0 aliphatic heterocycles. The molecular formula is C15H19NO3. The van der Waals surface area contributed by atoms with Crippen molar-refractivity contribution in [3.63, 3.8) is 0 Å². The van der Waals surface area contributed by atoms with Crippen molar-refractivity contribution in [2.75, 3.05) is 6.54 Å². The molecule has 0 bridgehead atoms. The molecule has 1 aliphatic rings. The van der Waals surface area contributed by atoms with Crippen LogP contribution in [0.3, 0.4) is 0 Å². The molecule has 1 aromatic carbocycles. The second-order valence-corrected chi connectivity index (χ2v) is 5.05. The van der Waals surface area contributed by atoms with E-state index in [2.05, 4.69) is 5.32 Å². The quantitative estimate of drug-likeness (QED) is 0.770. The van der Waals surface area contributed by atoms with Gasteiger partial charge in [0.2, 0.25) is 5.91 Å². The zero-order valence-corrected chi connectivity index (χ0v) is 10.9. The number of nitrogens with one attached hydrogen (secondary N) is 1. The molecule has 1 fully saturated rings. The van der Waals surface area contributed by atoms with Crippen molar-refractivity contribution in [3.05, 3.63) is 35.9 Å². The normalized spacial score (nSPS) is 16.4. The number of hydrogen-bond acceptors (Lipinski definition) is 2. The van der Waals surface area contributed by atoms with Crippen molar-refractivity contribution in [1.29, 1.82) is 0 Å². The van der Waals surface area contributed by atoms with Crippen molar-refractivity contribution in [3.8, 4) is 0 Å². The molecule has 1 aromatic rings. The van der Waals surface area contributed by atoms with Crippen LogP contribution < -0.4 is 5.32 Å².